The average Bonchev–Trinajstić information content (AvgIpc) is 2.46. The molecule has 3 heteroatoms. The Morgan fingerprint density at radius 2 is 1.94 bits per heavy atom. The monoisotopic (exact) mass is 240 g/mol. The van der Waals surface area contributed by atoms with Crippen molar-refractivity contribution in [1.29, 1.82) is 0 Å². The minimum absolute atomic E-state index is 0.0266. The smallest absolute Gasteiger partial charge is 0.254 e. The summed E-state index contributed by atoms with van der Waals surface area (Å²) < 4.78 is 0. The van der Waals surface area contributed by atoms with E-state index in [-0.39, 0.29) is 5.91 Å². The van der Waals surface area contributed by atoms with Gasteiger partial charge in [0, 0.05) is 31.5 Å². The molecular weight excluding hydrogens is 224 g/mol. The summed E-state index contributed by atoms with van der Waals surface area (Å²) in [6, 6.07) is 11.6. The van der Waals surface area contributed by atoms with Crippen molar-refractivity contribution in [3.8, 4) is 11.1 Å². The molecule has 0 saturated carbocycles. The highest BCUT2D eigenvalue weighted by atomic mass is 16.2. The highest BCUT2D eigenvalue weighted by Gasteiger charge is 2.15. The summed E-state index contributed by atoms with van der Waals surface area (Å²) in [6.45, 7) is 2.65. The first-order valence-electron chi connectivity index (χ1n) is 5.99. The molecule has 0 spiro atoms. The molecule has 0 N–H and O–H groups in total. The normalized spacial score (nSPS) is 10.1. The zero-order chi connectivity index (χ0) is 13.0. The Bertz CT molecular complexity index is 537. The van der Waals surface area contributed by atoms with Gasteiger partial charge in [-0.1, -0.05) is 30.3 Å². The van der Waals surface area contributed by atoms with Gasteiger partial charge in [-0.05, 0) is 18.6 Å². The Labute approximate surface area is 107 Å². The van der Waals surface area contributed by atoms with Crippen molar-refractivity contribution in [2.45, 2.75) is 6.92 Å². The molecule has 1 aromatic carbocycles. The lowest BCUT2D eigenvalue weighted by Crippen LogP contribution is -2.26. The quantitative estimate of drug-likeness (QED) is 0.826. The second kappa shape index (κ2) is 5.45. The predicted molar refractivity (Wildman–Crippen MR) is 72.3 cm³/mol. The molecule has 2 rings (SSSR count). The number of hydrogen-bond donors (Lipinski definition) is 0. The second-order valence-electron chi connectivity index (χ2n) is 4.11. The molecule has 18 heavy (non-hydrogen) atoms. The molecule has 0 radical (unpaired) electrons. The number of hydrogen-bond acceptors (Lipinski definition) is 2. The molecule has 1 amide bonds. The maximum atomic E-state index is 12.3. The fourth-order valence-corrected chi connectivity index (χ4v) is 1.78. The topological polar surface area (TPSA) is 33.2 Å². The number of amides is 1. The van der Waals surface area contributed by atoms with E-state index in [4.69, 9.17) is 0 Å². The maximum Gasteiger partial charge on any atom is 0.254 e. The number of carbonyl (C=O) groups is 1. The predicted octanol–water partition coefficient (Wildman–Crippen LogP) is 2.84. The van der Waals surface area contributed by atoms with E-state index < -0.39 is 0 Å². The Kier molecular flexibility index (Phi) is 3.72. The van der Waals surface area contributed by atoms with Crippen LogP contribution in [0.4, 0.5) is 0 Å². The molecule has 3 nitrogen and oxygen atoms in total. The van der Waals surface area contributed by atoms with Gasteiger partial charge in [-0.3, -0.25) is 9.78 Å². The number of nitrogens with zero attached hydrogens (tertiary/aromatic N) is 2. The molecule has 1 heterocycles. The van der Waals surface area contributed by atoms with Crippen LogP contribution in [-0.4, -0.2) is 29.4 Å². The van der Waals surface area contributed by atoms with E-state index in [0.717, 1.165) is 11.1 Å². The summed E-state index contributed by atoms with van der Waals surface area (Å²) in [6.07, 6.45) is 3.40. The Morgan fingerprint density at radius 3 is 2.61 bits per heavy atom. The Morgan fingerprint density at radius 1 is 1.22 bits per heavy atom. The largest absolute Gasteiger partial charge is 0.342 e. The van der Waals surface area contributed by atoms with Gasteiger partial charge in [-0.15, -0.1) is 0 Å². The Balaban J connectivity index is 2.47. The summed E-state index contributed by atoms with van der Waals surface area (Å²) in [5, 5.41) is 0. The molecule has 92 valence electrons. The van der Waals surface area contributed by atoms with Crippen molar-refractivity contribution in [1.82, 2.24) is 9.88 Å². The van der Waals surface area contributed by atoms with Crippen LogP contribution in [-0.2, 0) is 0 Å². The lowest BCUT2D eigenvalue weighted by molar-refractivity contribution is 0.0803. The Hall–Kier alpha value is -2.16. The maximum absolute atomic E-state index is 12.3. The minimum atomic E-state index is 0.0266. The molecule has 0 aliphatic carbocycles. The fraction of sp³-hybridized carbons (Fsp3) is 0.200. The first-order chi connectivity index (χ1) is 8.74. The van der Waals surface area contributed by atoms with Gasteiger partial charge in [-0.25, -0.2) is 0 Å². The van der Waals surface area contributed by atoms with Crippen LogP contribution in [0, 0.1) is 0 Å². The van der Waals surface area contributed by atoms with Crippen LogP contribution in [0.3, 0.4) is 0 Å². The van der Waals surface area contributed by atoms with Gasteiger partial charge >= 0.3 is 0 Å². The molecule has 0 atom stereocenters. The number of aromatic nitrogens is 1. The van der Waals surface area contributed by atoms with E-state index in [9.17, 15) is 4.79 Å². The summed E-state index contributed by atoms with van der Waals surface area (Å²) in [7, 11) is 1.80. The van der Waals surface area contributed by atoms with Crippen LogP contribution >= 0.6 is 0 Å². The SMILES string of the molecule is CCN(C)C(=O)c1ccncc1-c1ccccc1. The number of carbonyl (C=O) groups excluding carboxylic acids is 1. The van der Waals surface area contributed by atoms with Crippen LogP contribution in [0.5, 0.6) is 0 Å². The lowest BCUT2D eigenvalue weighted by atomic mass is 10.0. The summed E-state index contributed by atoms with van der Waals surface area (Å²) >= 11 is 0. The number of pyridine rings is 1. The van der Waals surface area contributed by atoms with Crippen molar-refractivity contribution in [2.24, 2.45) is 0 Å². The molecule has 2 aromatic rings. The van der Waals surface area contributed by atoms with Crippen LogP contribution < -0.4 is 0 Å². The molecule has 0 aliphatic rings. The molecule has 0 fully saturated rings. The van der Waals surface area contributed by atoms with E-state index >= 15 is 0 Å². The molecule has 0 aliphatic heterocycles. The average molecular weight is 240 g/mol. The summed E-state index contributed by atoms with van der Waals surface area (Å²) in [5.74, 6) is 0.0266. The third-order valence-electron chi connectivity index (χ3n) is 2.96. The molecule has 1 aromatic heterocycles. The molecule has 0 unspecified atom stereocenters. The zero-order valence-electron chi connectivity index (χ0n) is 10.6. The van der Waals surface area contributed by atoms with Crippen LogP contribution in [0.25, 0.3) is 11.1 Å². The van der Waals surface area contributed by atoms with E-state index in [1.165, 1.54) is 0 Å². The molecule has 0 bridgehead atoms. The lowest BCUT2D eigenvalue weighted by Gasteiger charge is -2.16. The van der Waals surface area contributed by atoms with E-state index in [1.54, 1.807) is 30.4 Å². The second-order valence-corrected chi connectivity index (χ2v) is 4.11. The van der Waals surface area contributed by atoms with Gasteiger partial charge in [0.25, 0.3) is 5.91 Å². The molecular formula is C15H16N2O. The zero-order valence-corrected chi connectivity index (χ0v) is 10.6. The summed E-state index contributed by atoms with van der Waals surface area (Å²) in [4.78, 5) is 18.1. The van der Waals surface area contributed by atoms with Crippen LogP contribution in [0.15, 0.2) is 48.8 Å². The third kappa shape index (κ3) is 2.40. The van der Waals surface area contributed by atoms with E-state index in [2.05, 4.69) is 4.98 Å². The number of rotatable bonds is 3. The highest BCUT2D eigenvalue weighted by molar-refractivity contribution is 6.00. The minimum Gasteiger partial charge on any atom is -0.342 e. The van der Waals surface area contributed by atoms with Gasteiger partial charge in [0.15, 0.2) is 0 Å². The van der Waals surface area contributed by atoms with Crippen molar-refractivity contribution < 1.29 is 4.79 Å². The van der Waals surface area contributed by atoms with Crippen molar-refractivity contribution in [2.75, 3.05) is 13.6 Å². The standard InChI is InChI=1S/C15H16N2O/c1-3-17(2)15(18)13-9-10-16-11-14(13)12-7-5-4-6-8-12/h4-11H,3H2,1-2H3. The molecule has 0 saturated heterocycles. The van der Waals surface area contributed by atoms with Gasteiger partial charge in [0.05, 0.1) is 5.56 Å². The first kappa shape index (κ1) is 12.3. The van der Waals surface area contributed by atoms with Crippen LogP contribution in [0.1, 0.15) is 17.3 Å². The van der Waals surface area contributed by atoms with Crippen molar-refractivity contribution >= 4 is 5.91 Å². The van der Waals surface area contributed by atoms with Gasteiger partial charge in [0.2, 0.25) is 0 Å². The number of benzene rings is 1. The fourth-order valence-electron chi connectivity index (χ4n) is 1.78. The first-order valence-corrected chi connectivity index (χ1v) is 5.99. The third-order valence-corrected chi connectivity index (χ3v) is 2.96. The van der Waals surface area contributed by atoms with Crippen LogP contribution in [0.2, 0.25) is 0 Å². The summed E-state index contributed by atoms with van der Waals surface area (Å²) in [5.41, 5.74) is 2.59. The van der Waals surface area contributed by atoms with Gasteiger partial charge < -0.3 is 4.90 Å². The van der Waals surface area contributed by atoms with E-state index in [0.29, 0.717) is 12.1 Å². The van der Waals surface area contributed by atoms with E-state index in [1.807, 2.05) is 37.3 Å². The van der Waals surface area contributed by atoms with Gasteiger partial charge in [-0.2, -0.15) is 0 Å². The van der Waals surface area contributed by atoms with Crippen molar-refractivity contribution in [3.05, 3.63) is 54.4 Å². The van der Waals surface area contributed by atoms with Gasteiger partial charge in [0.1, 0.15) is 0 Å². The van der Waals surface area contributed by atoms with Crippen molar-refractivity contribution in [3.63, 3.8) is 0 Å². The highest BCUT2D eigenvalue weighted by Crippen LogP contribution is 2.23.